The Bertz CT molecular complexity index is 535. The predicted octanol–water partition coefficient (Wildman–Crippen LogP) is 0.446. The van der Waals surface area contributed by atoms with Crippen molar-refractivity contribution in [1.82, 2.24) is 10.3 Å². The Morgan fingerprint density at radius 1 is 1.62 bits per heavy atom. The van der Waals surface area contributed by atoms with Crippen LogP contribution in [0.25, 0.3) is 0 Å². The van der Waals surface area contributed by atoms with E-state index in [0.717, 1.165) is 5.69 Å². The molecule has 1 fully saturated rings. The molecule has 1 aliphatic heterocycles. The van der Waals surface area contributed by atoms with Gasteiger partial charge in [0.1, 0.15) is 11.0 Å². The van der Waals surface area contributed by atoms with Gasteiger partial charge in [-0.3, -0.25) is 9.78 Å². The smallest absolute Gasteiger partial charge is 0.245 e. The van der Waals surface area contributed by atoms with Gasteiger partial charge in [0.2, 0.25) is 5.91 Å². The summed E-state index contributed by atoms with van der Waals surface area (Å²) in [5.41, 5.74) is 7.05. The Labute approximate surface area is 129 Å². The summed E-state index contributed by atoms with van der Waals surface area (Å²) in [6, 6.07) is 3.39. The van der Waals surface area contributed by atoms with Crippen molar-refractivity contribution in [3.63, 3.8) is 0 Å². The minimum atomic E-state index is -0.359. The lowest BCUT2D eigenvalue weighted by Crippen LogP contribution is -2.55. The summed E-state index contributed by atoms with van der Waals surface area (Å²) in [4.78, 5) is 18.7. The van der Waals surface area contributed by atoms with Crippen LogP contribution in [0.1, 0.15) is 19.5 Å². The van der Waals surface area contributed by atoms with E-state index in [4.69, 9.17) is 22.7 Å². The molecule has 7 heteroatoms. The normalized spacial score (nSPS) is 18.6. The van der Waals surface area contributed by atoms with E-state index < -0.39 is 0 Å². The Kier molecular flexibility index (Phi) is 5.08. The number of rotatable bonds is 4. The van der Waals surface area contributed by atoms with Crippen LogP contribution in [-0.4, -0.2) is 47.7 Å². The van der Waals surface area contributed by atoms with Crippen molar-refractivity contribution in [2.75, 3.05) is 24.7 Å². The summed E-state index contributed by atoms with van der Waals surface area (Å²) in [6.07, 6.45) is 1.65. The molecule has 2 heterocycles. The molecule has 114 valence electrons. The van der Waals surface area contributed by atoms with Gasteiger partial charge < -0.3 is 20.7 Å². The van der Waals surface area contributed by atoms with E-state index in [2.05, 4.69) is 10.3 Å². The van der Waals surface area contributed by atoms with Crippen LogP contribution in [0.4, 0.5) is 5.69 Å². The van der Waals surface area contributed by atoms with Crippen LogP contribution in [-0.2, 0) is 9.53 Å². The van der Waals surface area contributed by atoms with Gasteiger partial charge in [-0.1, -0.05) is 12.2 Å². The molecule has 0 radical (unpaired) electrons. The quantitative estimate of drug-likeness (QED) is 0.786. The molecule has 21 heavy (non-hydrogen) atoms. The second-order valence-corrected chi connectivity index (χ2v) is 5.65. The molecule has 1 aliphatic rings. The zero-order valence-electron chi connectivity index (χ0n) is 12.2. The first-order chi connectivity index (χ1) is 9.99. The lowest BCUT2D eigenvalue weighted by molar-refractivity contribution is -0.125. The molecule has 1 saturated heterocycles. The SMILES string of the molecule is CC(C)NC(=O)C1COCCN1c1ccnc(C(N)=S)c1. The van der Waals surface area contributed by atoms with Crippen molar-refractivity contribution >= 4 is 28.8 Å². The van der Waals surface area contributed by atoms with Crippen LogP contribution >= 0.6 is 12.2 Å². The minimum absolute atomic E-state index is 0.0432. The zero-order chi connectivity index (χ0) is 15.4. The monoisotopic (exact) mass is 308 g/mol. The fraction of sp³-hybridized carbons (Fsp3) is 0.500. The second kappa shape index (κ2) is 6.82. The summed E-state index contributed by atoms with van der Waals surface area (Å²) in [6.45, 7) is 5.45. The van der Waals surface area contributed by atoms with Crippen molar-refractivity contribution in [2.45, 2.75) is 25.9 Å². The molecule has 6 nitrogen and oxygen atoms in total. The fourth-order valence-electron chi connectivity index (χ4n) is 2.24. The number of carbonyl (C=O) groups excluding carboxylic acids is 1. The highest BCUT2D eigenvalue weighted by Gasteiger charge is 2.30. The van der Waals surface area contributed by atoms with Crippen LogP contribution < -0.4 is 16.0 Å². The number of aromatic nitrogens is 1. The summed E-state index contributed by atoms with van der Waals surface area (Å²) >= 11 is 4.95. The maximum Gasteiger partial charge on any atom is 0.245 e. The van der Waals surface area contributed by atoms with Crippen molar-refractivity contribution < 1.29 is 9.53 Å². The average Bonchev–Trinajstić information content (AvgIpc) is 2.46. The zero-order valence-corrected chi connectivity index (χ0v) is 13.0. The summed E-state index contributed by atoms with van der Waals surface area (Å²) in [7, 11) is 0. The van der Waals surface area contributed by atoms with Crippen LogP contribution in [0.5, 0.6) is 0 Å². The number of pyridine rings is 1. The van der Waals surface area contributed by atoms with E-state index in [1.54, 1.807) is 6.20 Å². The molecule has 1 unspecified atom stereocenters. The molecule has 0 saturated carbocycles. The Balaban J connectivity index is 2.24. The van der Waals surface area contributed by atoms with Crippen LogP contribution in [0, 0.1) is 0 Å². The number of nitrogens with zero attached hydrogens (tertiary/aromatic N) is 2. The lowest BCUT2D eigenvalue weighted by Gasteiger charge is -2.36. The molecule has 3 N–H and O–H groups in total. The highest BCUT2D eigenvalue weighted by Crippen LogP contribution is 2.20. The van der Waals surface area contributed by atoms with Crippen LogP contribution in [0.15, 0.2) is 18.3 Å². The van der Waals surface area contributed by atoms with Gasteiger partial charge in [0, 0.05) is 24.5 Å². The van der Waals surface area contributed by atoms with Gasteiger partial charge >= 0.3 is 0 Å². The fourth-order valence-corrected chi connectivity index (χ4v) is 2.36. The number of hydrogen-bond acceptors (Lipinski definition) is 5. The van der Waals surface area contributed by atoms with E-state index in [0.29, 0.717) is 25.5 Å². The van der Waals surface area contributed by atoms with Gasteiger partial charge in [-0.2, -0.15) is 0 Å². The Morgan fingerprint density at radius 3 is 3.05 bits per heavy atom. The highest BCUT2D eigenvalue weighted by molar-refractivity contribution is 7.80. The summed E-state index contributed by atoms with van der Waals surface area (Å²) < 4.78 is 5.45. The van der Waals surface area contributed by atoms with Crippen molar-refractivity contribution in [3.05, 3.63) is 24.0 Å². The number of anilines is 1. The molecule has 1 aromatic heterocycles. The third-order valence-electron chi connectivity index (χ3n) is 3.19. The van der Waals surface area contributed by atoms with E-state index >= 15 is 0 Å². The molecular formula is C14H20N4O2S. The summed E-state index contributed by atoms with van der Waals surface area (Å²) in [5, 5.41) is 2.92. The third kappa shape index (κ3) is 3.89. The van der Waals surface area contributed by atoms with E-state index in [1.807, 2.05) is 30.9 Å². The van der Waals surface area contributed by atoms with E-state index in [1.165, 1.54) is 0 Å². The van der Waals surface area contributed by atoms with Crippen molar-refractivity contribution in [1.29, 1.82) is 0 Å². The van der Waals surface area contributed by atoms with Crippen LogP contribution in [0.2, 0.25) is 0 Å². The van der Waals surface area contributed by atoms with Gasteiger partial charge in [-0.05, 0) is 26.0 Å². The van der Waals surface area contributed by atoms with Crippen LogP contribution in [0.3, 0.4) is 0 Å². The highest BCUT2D eigenvalue weighted by atomic mass is 32.1. The second-order valence-electron chi connectivity index (χ2n) is 5.21. The first kappa shape index (κ1) is 15.7. The molecule has 0 bridgehead atoms. The number of nitrogens with two attached hydrogens (primary N) is 1. The molecule has 1 amide bonds. The minimum Gasteiger partial charge on any atom is -0.388 e. The molecular weight excluding hydrogens is 288 g/mol. The number of amides is 1. The number of morpholine rings is 1. The van der Waals surface area contributed by atoms with E-state index in [9.17, 15) is 4.79 Å². The molecule has 0 aliphatic carbocycles. The lowest BCUT2D eigenvalue weighted by atomic mass is 10.1. The maximum atomic E-state index is 12.3. The van der Waals surface area contributed by atoms with Crippen molar-refractivity contribution in [2.24, 2.45) is 5.73 Å². The van der Waals surface area contributed by atoms with Gasteiger partial charge in [0.25, 0.3) is 0 Å². The van der Waals surface area contributed by atoms with Gasteiger partial charge in [0.05, 0.1) is 18.9 Å². The Hall–Kier alpha value is -1.73. The Morgan fingerprint density at radius 2 is 2.38 bits per heavy atom. The number of carbonyl (C=O) groups is 1. The largest absolute Gasteiger partial charge is 0.388 e. The van der Waals surface area contributed by atoms with Crippen molar-refractivity contribution in [3.8, 4) is 0 Å². The predicted molar refractivity (Wildman–Crippen MR) is 85.4 cm³/mol. The summed E-state index contributed by atoms with van der Waals surface area (Å²) in [5.74, 6) is -0.0432. The number of hydrogen-bond donors (Lipinski definition) is 2. The molecule has 0 aromatic carbocycles. The standard InChI is InChI=1S/C14H20N4O2S/c1-9(2)17-14(19)12-8-20-6-5-18(12)10-3-4-16-11(7-10)13(15)21/h3-4,7,9,12H,5-6,8H2,1-2H3,(H2,15,21)(H,17,19). The first-order valence-corrected chi connectivity index (χ1v) is 7.30. The topological polar surface area (TPSA) is 80.5 Å². The van der Waals surface area contributed by atoms with Gasteiger partial charge in [0.15, 0.2) is 0 Å². The molecule has 0 spiro atoms. The van der Waals surface area contributed by atoms with Gasteiger partial charge in [-0.25, -0.2) is 0 Å². The molecule has 1 atom stereocenters. The number of nitrogens with one attached hydrogen (secondary N) is 1. The molecule has 1 aromatic rings. The number of thiocarbonyl (C=S) groups is 1. The van der Waals surface area contributed by atoms with E-state index in [-0.39, 0.29) is 23.0 Å². The number of ether oxygens (including phenoxy) is 1. The maximum absolute atomic E-state index is 12.3. The first-order valence-electron chi connectivity index (χ1n) is 6.89. The van der Waals surface area contributed by atoms with Gasteiger partial charge in [-0.15, -0.1) is 0 Å². The third-order valence-corrected chi connectivity index (χ3v) is 3.40. The molecule has 2 rings (SSSR count). The average molecular weight is 308 g/mol.